The lowest BCUT2D eigenvalue weighted by Crippen LogP contribution is -2.41. The maximum atomic E-state index is 12.9. The highest BCUT2D eigenvalue weighted by atomic mass is 19.4. The van der Waals surface area contributed by atoms with Crippen LogP contribution in [0.15, 0.2) is 52.2 Å². The summed E-state index contributed by atoms with van der Waals surface area (Å²) in [6, 6.07) is 8.66. The van der Waals surface area contributed by atoms with Crippen molar-refractivity contribution in [1.82, 2.24) is 19.1 Å². The largest absolute Gasteiger partial charge is 0.433 e. The molecule has 1 aromatic carbocycles. The second-order valence-corrected chi connectivity index (χ2v) is 6.47. The Morgan fingerprint density at radius 2 is 1.83 bits per heavy atom. The summed E-state index contributed by atoms with van der Waals surface area (Å²) < 4.78 is 40.2. The predicted octanol–water partition coefficient (Wildman–Crippen LogP) is 2.48. The Bertz CT molecular complexity index is 1400. The molecular weight excluding hydrogens is 389 g/mol. The summed E-state index contributed by atoms with van der Waals surface area (Å²) in [7, 11) is 1.20. The monoisotopic (exact) mass is 402 g/mol. The van der Waals surface area contributed by atoms with Crippen LogP contribution in [0, 0.1) is 0 Å². The molecule has 148 valence electrons. The number of aromatic nitrogens is 4. The molecule has 1 N–H and O–H groups in total. The van der Waals surface area contributed by atoms with Crippen LogP contribution in [0.25, 0.3) is 21.9 Å². The summed E-state index contributed by atoms with van der Waals surface area (Å²) in [5.74, 6) is -0.485. The molecule has 7 nitrogen and oxygen atoms in total. The number of pyridine rings is 1. The first-order valence-corrected chi connectivity index (χ1v) is 8.45. The zero-order chi connectivity index (χ0) is 20.9. The summed E-state index contributed by atoms with van der Waals surface area (Å²) in [5.41, 5.74) is -2.39. The van der Waals surface area contributed by atoms with Gasteiger partial charge in [-0.1, -0.05) is 18.2 Å². The molecule has 29 heavy (non-hydrogen) atoms. The van der Waals surface area contributed by atoms with Crippen molar-refractivity contribution in [2.75, 3.05) is 0 Å². The minimum atomic E-state index is -4.72. The number of ketones is 1. The summed E-state index contributed by atoms with van der Waals surface area (Å²) in [4.78, 5) is 44.4. The highest BCUT2D eigenvalue weighted by Gasteiger charge is 2.33. The molecule has 0 unspecified atom stereocenters. The lowest BCUT2D eigenvalue weighted by Gasteiger charge is -2.11. The van der Waals surface area contributed by atoms with Crippen LogP contribution in [0.2, 0.25) is 0 Å². The van der Waals surface area contributed by atoms with Crippen molar-refractivity contribution in [2.24, 2.45) is 7.05 Å². The van der Waals surface area contributed by atoms with Gasteiger partial charge in [-0.15, -0.1) is 0 Å². The van der Waals surface area contributed by atoms with Gasteiger partial charge in [0.2, 0.25) is 0 Å². The zero-order valence-corrected chi connectivity index (χ0v) is 14.9. The van der Waals surface area contributed by atoms with Crippen molar-refractivity contribution < 1.29 is 18.0 Å². The van der Waals surface area contributed by atoms with E-state index in [2.05, 4.69) is 9.97 Å². The third-order valence-electron chi connectivity index (χ3n) is 4.67. The first kappa shape index (κ1) is 18.7. The van der Waals surface area contributed by atoms with E-state index in [1.807, 2.05) is 0 Å². The fourth-order valence-corrected chi connectivity index (χ4v) is 3.20. The number of halogens is 3. The fourth-order valence-electron chi connectivity index (χ4n) is 3.20. The maximum absolute atomic E-state index is 12.9. The van der Waals surface area contributed by atoms with Crippen LogP contribution in [0.1, 0.15) is 16.1 Å². The van der Waals surface area contributed by atoms with Gasteiger partial charge in [0.1, 0.15) is 11.3 Å². The smallest absolute Gasteiger partial charge is 0.360 e. The third-order valence-corrected chi connectivity index (χ3v) is 4.67. The lowest BCUT2D eigenvalue weighted by molar-refractivity contribution is -0.141. The summed E-state index contributed by atoms with van der Waals surface area (Å²) >= 11 is 0. The Labute approximate surface area is 160 Å². The van der Waals surface area contributed by atoms with Crippen molar-refractivity contribution in [3.8, 4) is 0 Å². The molecule has 4 rings (SSSR count). The Morgan fingerprint density at radius 3 is 2.55 bits per heavy atom. The van der Waals surface area contributed by atoms with Gasteiger partial charge in [0.15, 0.2) is 5.78 Å². The molecule has 0 saturated heterocycles. The Balaban J connectivity index is 1.83. The van der Waals surface area contributed by atoms with Gasteiger partial charge in [0.25, 0.3) is 5.56 Å². The number of carbonyl (C=O) groups is 1. The Hall–Kier alpha value is -3.69. The Morgan fingerprint density at radius 1 is 1.10 bits per heavy atom. The lowest BCUT2D eigenvalue weighted by atomic mass is 10.1. The number of H-pyrrole nitrogens is 1. The van der Waals surface area contributed by atoms with Crippen LogP contribution < -0.4 is 11.2 Å². The number of rotatable bonds is 3. The van der Waals surface area contributed by atoms with Gasteiger partial charge in [-0.25, -0.2) is 9.78 Å². The molecule has 0 amide bonds. The molecule has 3 heterocycles. The molecule has 10 heteroatoms. The number of nitrogens with one attached hydrogen (secondary N) is 1. The van der Waals surface area contributed by atoms with Crippen LogP contribution in [0.3, 0.4) is 0 Å². The van der Waals surface area contributed by atoms with Crippen molar-refractivity contribution in [2.45, 2.75) is 12.7 Å². The summed E-state index contributed by atoms with van der Waals surface area (Å²) in [6.45, 7) is -0.551. The molecule has 4 aromatic rings. The van der Waals surface area contributed by atoms with Gasteiger partial charge in [-0.2, -0.15) is 13.2 Å². The van der Waals surface area contributed by atoms with Gasteiger partial charge in [-0.05, 0) is 18.2 Å². The normalized spacial score (nSPS) is 12.0. The van der Waals surface area contributed by atoms with E-state index in [0.717, 1.165) is 16.2 Å². The number of alkyl halides is 3. The molecule has 0 saturated carbocycles. The number of hydrogen-bond acceptors (Lipinski definition) is 4. The number of benzene rings is 1. The van der Waals surface area contributed by atoms with Crippen LogP contribution in [-0.2, 0) is 19.8 Å². The SMILES string of the molecule is Cn1c(=O)n(CC(=O)c2c[nH]c3ccccc23)c(=O)c2ccc(C(F)(F)F)nc21. The minimum absolute atomic E-state index is 0.188. The second-order valence-electron chi connectivity index (χ2n) is 6.47. The standard InChI is InChI=1S/C19H13F3N4O3/c1-25-16-11(6-7-15(24-16)19(20,21)22)17(28)26(18(25)29)9-14(27)12-8-23-13-5-3-2-4-10(12)13/h2-8,23H,9H2,1H3. The first-order chi connectivity index (χ1) is 13.7. The number of aromatic amines is 1. The van der Waals surface area contributed by atoms with Crippen molar-refractivity contribution >= 4 is 27.7 Å². The van der Waals surface area contributed by atoms with E-state index in [0.29, 0.717) is 21.6 Å². The molecule has 0 radical (unpaired) electrons. The van der Waals surface area contributed by atoms with E-state index in [1.54, 1.807) is 24.3 Å². The predicted molar refractivity (Wildman–Crippen MR) is 98.9 cm³/mol. The van der Waals surface area contributed by atoms with Crippen molar-refractivity contribution in [1.29, 1.82) is 0 Å². The molecule has 0 aliphatic heterocycles. The summed E-state index contributed by atoms with van der Waals surface area (Å²) in [6.07, 6.45) is -3.23. The van der Waals surface area contributed by atoms with Gasteiger partial charge in [0, 0.05) is 29.7 Å². The number of Topliss-reactive ketones (excluding diaryl/α,β-unsaturated/α-hetero) is 1. The van der Waals surface area contributed by atoms with E-state index in [-0.39, 0.29) is 5.39 Å². The fraction of sp³-hybridized carbons (Fsp3) is 0.158. The van der Waals surface area contributed by atoms with E-state index < -0.39 is 41.1 Å². The summed E-state index contributed by atoms with van der Waals surface area (Å²) in [5, 5.41) is 0.450. The van der Waals surface area contributed by atoms with Crippen molar-refractivity contribution in [3.05, 3.63) is 74.7 Å². The van der Waals surface area contributed by atoms with E-state index in [1.165, 1.54) is 13.2 Å². The molecule has 0 atom stereocenters. The van der Waals surface area contributed by atoms with Crippen LogP contribution in [0.5, 0.6) is 0 Å². The topological polar surface area (TPSA) is 89.8 Å². The van der Waals surface area contributed by atoms with Crippen LogP contribution in [-0.4, -0.2) is 24.9 Å². The number of nitrogens with zero attached hydrogens (tertiary/aromatic N) is 3. The molecule has 0 spiro atoms. The van der Waals surface area contributed by atoms with Crippen molar-refractivity contribution in [3.63, 3.8) is 0 Å². The molecular formula is C19H13F3N4O3. The average Bonchev–Trinajstić information content (AvgIpc) is 3.12. The molecule has 0 fully saturated rings. The number of aryl methyl sites for hydroxylation is 1. The minimum Gasteiger partial charge on any atom is -0.360 e. The molecule has 0 aliphatic rings. The number of fused-ring (bicyclic) bond motifs is 2. The van der Waals surface area contributed by atoms with Gasteiger partial charge < -0.3 is 4.98 Å². The van der Waals surface area contributed by atoms with Gasteiger partial charge in [0.05, 0.1) is 11.9 Å². The van der Waals surface area contributed by atoms with Gasteiger partial charge >= 0.3 is 11.9 Å². The van der Waals surface area contributed by atoms with E-state index >= 15 is 0 Å². The Kier molecular flexibility index (Phi) is 4.14. The molecule has 0 aliphatic carbocycles. The molecule has 3 aromatic heterocycles. The maximum Gasteiger partial charge on any atom is 0.433 e. The third kappa shape index (κ3) is 3.02. The highest BCUT2D eigenvalue weighted by Crippen LogP contribution is 2.28. The highest BCUT2D eigenvalue weighted by molar-refractivity contribution is 6.07. The van der Waals surface area contributed by atoms with Gasteiger partial charge in [-0.3, -0.25) is 18.7 Å². The quantitative estimate of drug-likeness (QED) is 0.533. The first-order valence-electron chi connectivity index (χ1n) is 8.45. The van der Waals surface area contributed by atoms with Crippen LogP contribution >= 0.6 is 0 Å². The number of carbonyl (C=O) groups excluding carboxylic acids is 1. The molecule has 0 bridgehead atoms. The van der Waals surface area contributed by atoms with E-state index in [9.17, 15) is 27.6 Å². The van der Waals surface area contributed by atoms with E-state index in [4.69, 9.17) is 0 Å². The second kappa shape index (κ2) is 6.43. The number of hydrogen-bond donors (Lipinski definition) is 1. The average molecular weight is 402 g/mol. The van der Waals surface area contributed by atoms with Crippen LogP contribution in [0.4, 0.5) is 13.2 Å². The zero-order valence-electron chi connectivity index (χ0n) is 14.9. The number of para-hydroxylation sites is 1.